The van der Waals surface area contributed by atoms with E-state index in [9.17, 15) is 14.7 Å². The molecule has 0 amide bonds. The summed E-state index contributed by atoms with van der Waals surface area (Å²) >= 11 is 0. The normalized spacial score (nSPS) is 10.2. The second kappa shape index (κ2) is 6.22. The van der Waals surface area contributed by atoms with Crippen molar-refractivity contribution >= 4 is 11.8 Å². The molecule has 0 heterocycles. The lowest BCUT2D eigenvalue weighted by molar-refractivity contribution is 0.0691. The maximum atomic E-state index is 11.5. The molecule has 0 aliphatic carbocycles. The van der Waals surface area contributed by atoms with E-state index in [0.717, 1.165) is 5.56 Å². The van der Waals surface area contributed by atoms with Crippen molar-refractivity contribution < 1.29 is 19.4 Å². The van der Waals surface area contributed by atoms with Gasteiger partial charge in [-0.3, -0.25) is 4.79 Å². The highest BCUT2D eigenvalue weighted by Gasteiger charge is 2.16. The topological polar surface area (TPSA) is 63.6 Å². The first-order valence-electron chi connectivity index (χ1n) is 6.54. The number of rotatable bonds is 5. The zero-order valence-electron chi connectivity index (χ0n) is 11.9. The molecule has 0 aliphatic heterocycles. The van der Waals surface area contributed by atoms with Crippen LogP contribution in [-0.4, -0.2) is 16.9 Å². The van der Waals surface area contributed by atoms with Gasteiger partial charge in [0.25, 0.3) is 0 Å². The molecule has 0 radical (unpaired) electrons. The van der Waals surface area contributed by atoms with Gasteiger partial charge in [-0.05, 0) is 37.1 Å². The fourth-order valence-corrected chi connectivity index (χ4v) is 2.08. The van der Waals surface area contributed by atoms with Crippen LogP contribution < -0.4 is 4.74 Å². The molecule has 4 nitrogen and oxygen atoms in total. The Bertz CT molecular complexity index is 675. The predicted molar refractivity (Wildman–Crippen MR) is 78.9 cm³/mol. The van der Waals surface area contributed by atoms with Crippen LogP contribution in [0.4, 0.5) is 0 Å². The number of aryl methyl sites for hydroxylation is 1. The third-order valence-corrected chi connectivity index (χ3v) is 3.17. The third-order valence-electron chi connectivity index (χ3n) is 3.17. The molecule has 1 N–H and O–H groups in total. The molecule has 0 saturated heterocycles. The predicted octanol–water partition coefficient (Wildman–Crippen LogP) is 3.47. The summed E-state index contributed by atoms with van der Waals surface area (Å²) in [5.41, 5.74) is 2.05. The van der Waals surface area contributed by atoms with Crippen molar-refractivity contribution in [2.24, 2.45) is 0 Å². The second-order valence-electron chi connectivity index (χ2n) is 4.80. The van der Waals surface area contributed by atoms with Gasteiger partial charge in [0.05, 0.1) is 0 Å². The first kappa shape index (κ1) is 14.8. The monoisotopic (exact) mass is 284 g/mol. The number of hydrogen-bond acceptors (Lipinski definition) is 3. The van der Waals surface area contributed by atoms with E-state index < -0.39 is 5.97 Å². The molecular weight excluding hydrogens is 268 g/mol. The summed E-state index contributed by atoms with van der Waals surface area (Å²) in [5.74, 6) is -1.00. The van der Waals surface area contributed by atoms with Gasteiger partial charge in [0.2, 0.25) is 0 Å². The number of carboxylic acid groups (broad SMARTS) is 1. The molecule has 2 aromatic carbocycles. The van der Waals surface area contributed by atoms with E-state index in [0.29, 0.717) is 11.1 Å². The molecule has 4 heteroatoms. The number of Topliss-reactive ketones (excluding diaryl/α,β-unsaturated/α-hetero) is 1. The van der Waals surface area contributed by atoms with Crippen LogP contribution >= 0.6 is 0 Å². The van der Waals surface area contributed by atoms with Gasteiger partial charge in [0.1, 0.15) is 17.9 Å². The summed E-state index contributed by atoms with van der Waals surface area (Å²) in [5, 5.41) is 9.27. The fourth-order valence-electron chi connectivity index (χ4n) is 2.08. The van der Waals surface area contributed by atoms with Gasteiger partial charge in [-0.25, -0.2) is 4.79 Å². The molecule has 2 rings (SSSR count). The molecule has 0 aromatic heterocycles. The second-order valence-corrected chi connectivity index (χ2v) is 4.80. The number of benzene rings is 2. The van der Waals surface area contributed by atoms with Crippen LogP contribution in [0, 0.1) is 6.92 Å². The highest BCUT2D eigenvalue weighted by molar-refractivity contribution is 6.00. The first-order chi connectivity index (χ1) is 9.99. The van der Waals surface area contributed by atoms with Crippen molar-refractivity contribution in [2.75, 3.05) is 0 Å². The van der Waals surface area contributed by atoms with Crippen LogP contribution in [0.5, 0.6) is 5.75 Å². The molecule has 0 unspecified atom stereocenters. The minimum absolute atomic E-state index is 0.00160. The first-order valence-corrected chi connectivity index (χ1v) is 6.54. The minimum Gasteiger partial charge on any atom is -0.488 e. The molecule has 0 fully saturated rings. The summed E-state index contributed by atoms with van der Waals surface area (Å²) in [6.07, 6.45) is 0. The van der Waals surface area contributed by atoms with Gasteiger partial charge >= 0.3 is 5.97 Å². The molecular formula is C17H16O4. The standard InChI is InChI=1S/C17H16O4/c1-11-8-16(21-10-13-6-4-3-5-7-13)15(17(19)20)9-14(11)12(2)18/h3-9H,10H2,1-2H3,(H,19,20). The van der Waals surface area contributed by atoms with Crippen molar-refractivity contribution in [1.82, 2.24) is 0 Å². The zero-order valence-corrected chi connectivity index (χ0v) is 11.9. The Labute approximate surface area is 123 Å². The zero-order chi connectivity index (χ0) is 15.4. The van der Waals surface area contributed by atoms with Gasteiger partial charge < -0.3 is 9.84 Å². The lowest BCUT2D eigenvalue weighted by Gasteiger charge is -2.12. The summed E-state index contributed by atoms with van der Waals surface area (Å²) in [6.45, 7) is 3.45. The van der Waals surface area contributed by atoms with E-state index in [1.807, 2.05) is 30.3 Å². The minimum atomic E-state index is -1.11. The summed E-state index contributed by atoms with van der Waals surface area (Å²) in [7, 11) is 0. The average molecular weight is 284 g/mol. The molecule has 108 valence electrons. The van der Waals surface area contributed by atoms with Crippen LogP contribution in [0.1, 0.15) is 38.8 Å². The Morgan fingerprint density at radius 3 is 2.33 bits per heavy atom. The molecule has 0 saturated carbocycles. The van der Waals surface area contributed by atoms with E-state index in [4.69, 9.17) is 4.74 Å². The van der Waals surface area contributed by atoms with Crippen molar-refractivity contribution in [2.45, 2.75) is 20.5 Å². The van der Waals surface area contributed by atoms with Crippen molar-refractivity contribution in [1.29, 1.82) is 0 Å². The lowest BCUT2D eigenvalue weighted by Crippen LogP contribution is -2.07. The molecule has 0 spiro atoms. The molecule has 21 heavy (non-hydrogen) atoms. The molecule has 0 aliphatic rings. The van der Waals surface area contributed by atoms with E-state index in [2.05, 4.69) is 0 Å². The maximum absolute atomic E-state index is 11.5. The summed E-state index contributed by atoms with van der Waals surface area (Å²) in [4.78, 5) is 22.8. The van der Waals surface area contributed by atoms with Gasteiger partial charge in [-0.2, -0.15) is 0 Å². The number of ketones is 1. The van der Waals surface area contributed by atoms with Crippen LogP contribution in [0.3, 0.4) is 0 Å². The summed E-state index contributed by atoms with van der Waals surface area (Å²) in [6, 6.07) is 12.5. The molecule has 0 bridgehead atoms. The number of carbonyl (C=O) groups excluding carboxylic acids is 1. The Hall–Kier alpha value is -2.62. The van der Waals surface area contributed by atoms with Gasteiger partial charge in [-0.15, -0.1) is 0 Å². The lowest BCUT2D eigenvalue weighted by atomic mass is 10.0. The van der Waals surface area contributed by atoms with Crippen LogP contribution in [0.2, 0.25) is 0 Å². The van der Waals surface area contributed by atoms with Crippen molar-refractivity contribution in [3.63, 3.8) is 0 Å². The Morgan fingerprint density at radius 2 is 1.76 bits per heavy atom. The number of carboxylic acids is 1. The van der Waals surface area contributed by atoms with Crippen molar-refractivity contribution in [3.8, 4) is 5.75 Å². The Balaban J connectivity index is 2.32. The molecule has 0 atom stereocenters. The van der Waals surface area contributed by atoms with Gasteiger partial charge in [0.15, 0.2) is 5.78 Å². The van der Waals surface area contributed by atoms with E-state index in [-0.39, 0.29) is 23.7 Å². The van der Waals surface area contributed by atoms with Crippen LogP contribution in [-0.2, 0) is 6.61 Å². The quantitative estimate of drug-likeness (QED) is 0.854. The van der Waals surface area contributed by atoms with Crippen LogP contribution in [0.15, 0.2) is 42.5 Å². The average Bonchev–Trinajstić information content (AvgIpc) is 2.45. The fraction of sp³-hybridized carbons (Fsp3) is 0.176. The largest absolute Gasteiger partial charge is 0.488 e. The highest BCUT2D eigenvalue weighted by Crippen LogP contribution is 2.25. The van der Waals surface area contributed by atoms with Gasteiger partial charge in [0, 0.05) is 5.56 Å². The smallest absolute Gasteiger partial charge is 0.339 e. The number of carbonyl (C=O) groups is 2. The molecule has 2 aromatic rings. The third kappa shape index (κ3) is 3.48. The number of ether oxygens (including phenoxy) is 1. The van der Waals surface area contributed by atoms with Gasteiger partial charge in [-0.1, -0.05) is 30.3 Å². The van der Waals surface area contributed by atoms with E-state index in [1.54, 1.807) is 13.0 Å². The SMILES string of the molecule is CC(=O)c1cc(C(=O)O)c(OCc2ccccc2)cc1C. The summed E-state index contributed by atoms with van der Waals surface area (Å²) < 4.78 is 5.61. The number of hydrogen-bond donors (Lipinski definition) is 1. The number of aromatic carboxylic acids is 1. The van der Waals surface area contributed by atoms with E-state index >= 15 is 0 Å². The Kier molecular flexibility index (Phi) is 4.38. The Morgan fingerprint density at radius 1 is 1.10 bits per heavy atom. The maximum Gasteiger partial charge on any atom is 0.339 e. The van der Waals surface area contributed by atoms with E-state index in [1.165, 1.54) is 13.0 Å². The van der Waals surface area contributed by atoms with Crippen molar-refractivity contribution in [3.05, 3.63) is 64.7 Å². The highest BCUT2D eigenvalue weighted by atomic mass is 16.5. The van der Waals surface area contributed by atoms with Crippen LogP contribution in [0.25, 0.3) is 0 Å².